The first-order chi connectivity index (χ1) is 12.7. The van der Waals surface area contributed by atoms with Gasteiger partial charge in [-0.3, -0.25) is 19.4 Å². The monoisotopic (exact) mass is 368 g/mol. The second-order valence-electron chi connectivity index (χ2n) is 8.67. The predicted molar refractivity (Wildman–Crippen MR) is 106 cm³/mol. The summed E-state index contributed by atoms with van der Waals surface area (Å²) in [6.07, 6.45) is 5.85. The highest BCUT2D eigenvalue weighted by molar-refractivity contribution is 6.53. The topological polar surface area (TPSA) is 49.9 Å². The van der Waals surface area contributed by atoms with E-state index < -0.39 is 17.2 Å². The number of carbonyl (C=O) groups is 2. The SMILES string of the molecule is COc1cc2c3c(c1)C(CN1C(C)CCCC1C)=CC(C)(C)N3C(=O)C2=O. The minimum absolute atomic E-state index is 0.437. The molecule has 0 radical (unpaired) electrons. The summed E-state index contributed by atoms with van der Waals surface area (Å²) < 4.78 is 5.43. The molecule has 2 atom stereocenters. The van der Waals surface area contributed by atoms with Gasteiger partial charge in [0.25, 0.3) is 11.7 Å². The molecule has 3 aliphatic rings. The Kier molecular flexibility index (Phi) is 4.18. The van der Waals surface area contributed by atoms with Crippen LogP contribution in [0.5, 0.6) is 5.75 Å². The zero-order valence-electron chi connectivity index (χ0n) is 16.8. The minimum atomic E-state index is -0.531. The Balaban J connectivity index is 1.84. The number of nitrogens with zero attached hydrogens (tertiary/aromatic N) is 2. The Morgan fingerprint density at radius 2 is 1.74 bits per heavy atom. The average Bonchev–Trinajstić information content (AvgIpc) is 2.88. The fourth-order valence-electron chi connectivity index (χ4n) is 4.94. The summed E-state index contributed by atoms with van der Waals surface area (Å²) in [5.74, 6) is -0.260. The third-order valence-corrected chi connectivity index (χ3v) is 6.36. The maximum atomic E-state index is 12.7. The highest BCUT2D eigenvalue weighted by Crippen LogP contribution is 2.47. The van der Waals surface area contributed by atoms with E-state index in [-0.39, 0.29) is 0 Å². The molecule has 2 unspecified atom stereocenters. The quantitative estimate of drug-likeness (QED) is 0.764. The first kappa shape index (κ1) is 18.2. The van der Waals surface area contributed by atoms with Gasteiger partial charge >= 0.3 is 0 Å². The number of hydrogen-bond acceptors (Lipinski definition) is 4. The summed E-state index contributed by atoms with van der Waals surface area (Å²) in [5.41, 5.74) is 2.82. The van der Waals surface area contributed by atoms with Crippen molar-refractivity contribution in [3.63, 3.8) is 0 Å². The molecule has 144 valence electrons. The molecule has 5 nitrogen and oxygen atoms in total. The molecule has 3 aliphatic heterocycles. The summed E-state index contributed by atoms with van der Waals surface area (Å²) in [6, 6.07) is 4.72. The molecule has 0 spiro atoms. The molecule has 0 saturated carbocycles. The molecule has 0 N–H and O–H groups in total. The normalized spacial score (nSPS) is 26.9. The lowest BCUT2D eigenvalue weighted by molar-refractivity contribution is -0.115. The molecule has 1 aromatic rings. The second kappa shape index (κ2) is 6.20. The maximum absolute atomic E-state index is 12.7. The Morgan fingerprint density at radius 1 is 1.11 bits per heavy atom. The molecule has 1 saturated heterocycles. The van der Waals surface area contributed by atoms with Crippen LogP contribution in [0.4, 0.5) is 5.69 Å². The number of benzene rings is 1. The van der Waals surface area contributed by atoms with Gasteiger partial charge < -0.3 is 4.74 Å². The van der Waals surface area contributed by atoms with E-state index in [1.165, 1.54) is 24.8 Å². The van der Waals surface area contributed by atoms with E-state index in [2.05, 4.69) is 24.8 Å². The molecule has 1 aromatic carbocycles. The van der Waals surface area contributed by atoms with E-state index in [9.17, 15) is 9.59 Å². The Bertz CT molecular complexity index is 845. The number of piperidine rings is 1. The van der Waals surface area contributed by atoms with Gasteiger partial charge in [-0.15, -0.1) is 0 Å². The largest absolute Gasteiger partial charge is 0.497 e. The fourth-order valence-corrected chi connectivity index (χ4v) is 4.94. The van der Waals surface area contributed by atoms with E-state index in [4.69, 9.17) is 4.74 Å². The van der Waals surface area contributed by atoms with Gasteiger partial charge in [-0.05, 0) is 58.2 Å². The van der Waals surface area contributed by atoms with Crippen molar-refractivity contribution in [1.82, 2.24) is 4.90 Å². The second-order valence-corrected chi connectivity index (χ2v) is 8.67. The van der Waals surface area contributed by atoms with Gasteiger partial charge in [0.2, 0.25) is 0 Å². The molecule has 0 bridgehead atoms. The number of anilines is 1. The summed E-state index contributed by atoms with van der Waals surface area (Å²) in [4.78, 5) is 29.5. The van der Waals surface area contributed by atoms with Gasteiger partial charge in [0, 0.05) is 24.2 Å². The van der Waals surface area contributed by atoms with Gasteiger partial charge in [0.05, 0.1) is 23.9 Å². The van der Waals surface area contributed by atoms with Crippen LogP contribution in [0.2, 0.25) is 0 Å². The van der Waals surface area contributed by atoms with Crippen LogP contribution in [-0.2, 0) is 4.79 Å². The number of ether oxygens (including phenoxy) is 1. The Morgan fingerprint density at radius 3 is 2.37 bits per heavy atom. The predicted octanol–water partition coefficient (Wildman–Crippen LogP) is 3.66. The number of Topliss-reactive ketones (excluding diaryl/α,β-unsaturated/α-hetero) is 1. The number of rotatable bonds is 3. The van der Waals surface area contributed by atoms with Crippen molar-refractivity contribution in [2.75, 3.05) is 18.6 Å². The van der Waals surface area contributed by atoms with Crippen molar-refractivity contribution in [2.45, 2.75) is 64.6 Å². The van der Waals surface area contributed by atoms with E-state index in [0.717, 1.165) is 17.8 Å². The Labute approximate surface area is 161 Å². The third-order valence-electron chi connectivity index (χ3n) is 6.36. The smallest absolute Gasteiger partial charge is 0.300 e. The van der Waals surface area contributed by atoms with Crippen molar-refractivity contribution >= 4 is 23.0 Å². The van der Waals surface area contributed by atoms with Crippen molar-refractivity contribution in [2.24, 2.45) is 0 Å². The van der Waals surface area contributed by atoms with Crippen LogP contribution in [0.1, 0.15) is 62.9 Å². The van der Waals surface area contributed by atoms with Crippen LogP contribution >= 0.6 is 0 Å². The average molecular weight is 368 g/mol. The van der Waals surface area contributed by atoms with E-state index in [1.54, 1.807) is 18.1 Å². The number of carbonyl (C=O) groups excluding carboxylic acids is 2. The standard InChI is InChI=1S/C22H28N2O3/c1-13-7-6-8-14(2)23(13)12-15-11-22(3,4)24-19-17(15)9-16(27-5)10-18(19)20(25)21(24)26/h9-11,13-14H,6-8,12H2,1-5H3. The summed E-state index contributed by atoms with van der Waals surface area (Å²) in [5, 5.41) is 0. The fraction of sp³-hybridized carbons (Fsp3) is 0.545. The van der Waals surface area contributed by atoms with Crippen LogP contribution < -0.4 is 9.64 Å². The van der Waals surface area contributed by atoms with Gasteiger partial charge in [-0.2, -0.15) is 0 Å². The number of methoxy groups -OCH3 is 1. The zero-order valence-corrected chi connectivity index (χ0v) is 16.8. The molecule has 1 fully saturated rings. The summed E-state index contributed by atoms with van der Waals surface area (Å²) in [7, 11) is 1.60. The maximum Gasteiger partial charge on any atom is 0.300 e. The molecule has 0 aliphatic carbocycles. The molecule has 27 heavy (non-hydrogen) atoms. The van der Waals surface area contributed by atoms with Gasteiger partial charge in [0.15, 0.2) is 0 Å². The summed E-state index contributed by atoms with van der Waals surface area (Å²) in [6.45, 7) is 9.41. The minimum Gasteiger partial charge on any atom is -0.497 e. The van der Waals surface area contributed by atoms with Crippen LogP contribution in [0.15, 0.2) is 18.2 Å². The Hall–Kier alpha value is -2.14. The van der Waals surface area contributed by atoms with Crippen molar-refractivity contribution in [3.05, 3.63) is 29.3 Å². The lowest BCUT2D eigenvalue weighted by Crippen LogP contribution is -2.49. The number of amides is 1. The number of ketones is 1. The molecule has 3 heterocycles. The molecular formula is C22H28N2O3. The highest BCUT2D eigenvalue weighted by atomic mass is 16.5. The lowest BCUT2D eigenvalue weighted by Gasteiger charge is -2.43. The van der Waals surface area contributed by atoms with Crippen LogP contribution in [0.25, 0.3) is 5.57 Å². The van der Waals surface area contributed by atoms with E-state index >= 15 is 0 Å². The zero-order chi connectivity index (χ0) is 19.5. The molecular weight excluding hydrogens is 340 g/mol. The van der Waals surface area contributed by atoms with Gasteiger partial charge in [-0.25, -0.2) is 0 Å². The van der Waals surface area contributed by atoms with Gasteiger partial charge in [0.1, 0.15) is 5.75 Å². The summed E-state index contributed by atoms with van der Waals surface area (Å²) >= 11 is 0. The first-order valence-corrected chi connectivity index (χ1v) is 9.83. The van der Waals surface area contributed by atoms with Crippen LogP contribution in [0.3, 0.4) is 0 Å². The number of hydrogen-bond donors (Lipinski definition) is 0. The molecule has 0 aromatic heterocycles. The first-order valence-electron chi connectivity index (χ1n) is 9.83. The van der Waals surface area contributed by atoms with Crippen molar-refractivity contribution in [1.29, 1.82) is 0 Å². The van der Waals surface area contributed by atoms with Crippen molar-refractivity contribution < 1.29 is 14.3 Å². The van der Waals surface area contributed by atoms with Crippen LogP contribution in [-0.4, -0.2) is 47.9 Å². The van der Waals surface area contributed by atoms with E-state index in [1.807, 2.05) is 19.9 Å². The van der Waals surface area contributed by atoms with Gasteiger partial charge in [-0.1, -0.05) is 12.5 Å². The third kappa shape index (κ3) is 2.71. The number of likely N-dealkylation sites (tertiary alicyclic amines) is 1. The molecule has 5 heteroatoms. The molecule has 4 rings (SSSR count). The highest BCUT2D eigenvalue weighted by Gasteiger charge is 2.47. The van der Waals surface area contributed by atoms with Crippen LogP contribution in [0, 0.1) is 0 Å². The van der Waals surface area contributed by atoms with E-state index in [0.29, 0.717) is 23.4 Å². The lowest BCUT2D eigenvalue weighted by atomic mass is 9.86. The molecule has 1 amide bonds. The van der Waals surface area contributed by atoms with Crippen molar-refractivity contribution in [3.8, 4) is 5.75 Å².